The van der Waals surface area contributed by atoms with Crippen molar-refractivity contribution in [2.45, 2.75) is 38.1 Å². The highest BCUT2D eigenvalue weighted by molar-refractivity contribution is 6.45. The maximum Gasteiger partial charge on any atom is 0.334 e. The fourth-order valence-corrected chi connectivity index (χ4v) is 3.96. The number of fused-ring (bicyclic) bond motifs is 1. The molecule has 5 amide bonds. The molecule has 3 aliphatic rings. The Morgan fingerprint density at radius 3 is 2.52 bits per heavy atom. The van der Waals surface area contributed by atoms with Crippen LogP contribution in [0.4, 0.5) is 10.5 Å². The van der Waals surface area contributed by atoms with Crippen molar-refractivity contribution in [1.82, 2.24) is 9.80 Å². The first kappa shape index (κ1) is 15.8. The summed E-state index contributed by atoms with van der Waals surface area (Å²) in [4.78, 5) is 53.0. The van der Waals surface area contributed by atoms with Crippen LogP contribution in [0.3, 0.4) is 0 Å². The number of carbonyl (C=O) groups excluding carboxylic acids is 4. The minimum atomic E-state index is -0.891. The Morgan fingerprint density at radius 1 is 1.04 bits per heavy atom. The minimum Gasteiger partial charge on any atom is -0.310 e. The van der Waals surface area contributed by atoms with E-state index in [1.807, 2.05) is 24.3 Å². The van der Waals surface area contributed by atoms with Gasteiger partial charge in [0, 0.05) is 18.3 Å². The van der Waals surface area contributed by atoms with Crippen LogP contribution < -0.4 is 4.90 Å². The second-order valence-electron chi connectivity index (χ2n) is 6.71. The number of anilines is 1. The molecule has 1 aliphatic carbocycles. The average Bonchev–Trinajstić information content (AvgIpc) is 3.31. The monoisotopic (exact) mass is 341 g/mol. The molecule has 1 aromatic rings. The van der Waals surface area contributed by atoms with Gasteiger partial charge in [-0.05, 0) is 30.9 Å². The van der Waals surface area contributed by atoms with Gasteiger partial charge < -0.3 is 4.90 Å². The van der Waals surface area contributed by atoms with Crippen LogP contribution in [0.25, 0.3) is 0 Å². The van der Waals surface area contributed by atoms with E-state index in [0.717, 1.165) is 53.2 Å². The number of nitrogens with zero attached hydrogens (tertiary/aromatic N) is 3. The van der Waals surface area contributed by atoms with Crippen molar-refractivity contribution in [3.8, 4) is 0 Å². The van der Waals surface area contributed by atoms with Crippen LogP contribution in [-0.2, 0) is 20.8 Å². The fourth-order valence-electron chi connectivity index (χ4n) is 3.96. The van der Waals surface area contributed by atoms with Gasteiger partial charge in [-0.3, -0.25) is 19.3 Å². The van der Waals surface area contributed by atoms with E-state index in [9.17, 15) is 19.2 Å². The molecule has 0 radical (unpaired) electrons. The van der Waals surface area contributed by atoms with E-state index >= 15 is 0 Å². The lowest BCUT2D eigenvalue weighted by Crippen LogP contribution is -2.44. The second kappa shape index (κ2) is 5.98. The zero-order valence-corrected chi connectivity index (χ0v) is 13.8. The molecule has 0 N–H and O–H groups in total. The summed E-state index contributed by atoms with van der Waals surface area (Å²) < 4.78 is 0. The quantitative estimate of drug-likeness (QED) is 0.613. The van der Waals surface area contributed by atoms with Gasteiger partial charge in [0.05, 0.1) is 0 Å². The molecular weight excluding hydrogens is 322 g/mol. The molecular formula is C18H19N3O4. The molecule has 2 heterocycles. The average molecular weight is 341 g/mol. The van der Waals surface area contributed by atoms with Crippen molar-refractivity contribution in [2.24, 2.45) is 0 Å². The summed E-state index contributed by atoms with van der Waals surface area (Å²) in [6, 6.07) is 6.71. The van der Waals surface area contributed by atoms with E-state index in [2.05, 4.69) is 0 Å². The lowest BCUT2D eigenvalue weighted by atomic mass is 10.2. The Morgan fingerprint density at radius 2 is 1.76 bits per heavy atom. The predicted molar refractivity (Wildman–Crippen MR) is 88.7 cm³/mol. The van der Waals surface area contributed by atoms with Crippen LogP contribution in [0.1, 0.15) is 31.2 Å². The summed E-state index contributed by atoms with van der Waals surface area (Å²) in [6.07, 6.45) is 4.09. The Hall–Kier alpha value is -2.70. The number of hydrogen-bond donors (Lipinski definition) is 0. The van der Waals surface area contributed by atoms with E-state index in [-0.39, 0.29) is 18.5 Å². The Balaban J connectivity index is 1.51. The number of carbonyl (C=O) groups is 4. The van der Waals surface area contributed by atoms with Crippen molar-refractivity contribution in [1.29, 1.82) is 0 Å². The molecule has 2 fully saturated rings. The van der Waals surface area contributed by atoms with Gasteiger partial charge in [-0.15, -0.1) is 0 Å². The lowest BCUT2D eigenvalue weighted by Gasteiger charge is -2.22. The molecule has 2 aliphatic heterocycles. The van der Waals surface area contributed by atoms with Crippen molar-refractivity contribution in [3.63, 3.8) is 0 Å². The van der Waals surface area contributed by atoms with Crippen molar-refractivity contribution in [3.05, 3.63) is 29.8 Å². The topological polar surface area (TPSA) is 78.0 Å². The van der Waals surface area contributed by atoms with Crippen LogP contribution in [0.2, 0.25) is 0 Å². The van der Waals surface area contributed by atoms with Crippen LogP contribution in [0.15, 0.2) is 24.3 Å². The summed E-state index contributed by atoms with van der Waals surface area (Å²) in [5, 5.41) is 0. The largest absolute Gasteiger partial charge is 0.334 e. The second-order valence-corrected chi connectivity index (χ2v) is 6.71. The fraction of sp³-hybridized carbons (Fsp3) is 0.444. The molecule has 0 spiro atoms. The zero-order chi connectivity index (χ0) is 17.6. The minimum absolute atomic E-state index is 0.212. The Bertz CT molecular complexity index is 769. The van der Waals surface area contributed by atoms with E-state index in [1.165, 1.54) is 0 Å². The van der Waals surface area contributed by atoms with Gasteiger partial charge in [0.2, 0.25) is 5.91 Å². The predicted octanol–water partition coefficient (Wildman–Crippen LogP) is 1.31. The van der Waals surface area contributed by atoms with Crippen molar-refractivity contribution in [2.75, 3.05) is 18.0 Å². The standard InChI is InChI=1S/C18H19N3O4/c22-15(19-10-9-12-5-1-4-8-14(12)19)11-20-16(23)17(24)21(18(20)25)13-6-2-3-7-13/h1,4-5,8,13H,2-3,6-7,9-11H2. The molecule has 130 valence electrons. The third-order valence-electron chi connectivity index (χ3n) is 5.26. The SMILES string of the molecule is O=C1C(=O)N(C2CCCC2)C(=O)N1CC(=O)N1CCc2ccccc21. The molecule has 7 nitrogen and oxygen atoms in total. The molecule has 4 rings (SSSR count). The van der Waals surface area contributed by atoms with Crippen LogP contribution in [0.5, 0.6) is 0 Å². The van der Waals surface area contributed by atoms with Crippen molar-refractivity contribution < 1.29 is 19.2 Å². The van der Waals surface area contributed by atoms with Gasteiger partial charge in [-0.1, -0.05) is 31.0 Å². The molecule has 1 saturated carbocycles. The van der Waals surface area contributed by atoms with E-state index in [1.54, 1.807) is 4.90 Å². The number of hydrogen-bond acceptors (Lipinski definition) is 4. The number of amides is 5. The number of benzene rings is 1. The highest BCUT2D eigenvalue weighted by Crippen LogP contribution is 2.29. The Kier molecular flexibility index (Phi) is 3.78. The van der Waals surface area contributed by atoms with Crippen LogP contribution in [0, 0.1) is 0 Å². The highest BCUT2D eigenvalue weighted by Gasteiger charge is 2.49. The third kappa shape index (κ3) is 2.50. The number of imide groups is 2. The molecule has 1 saturated heterocycles. The summed E-state index contributed by atoms with van der Waals surface area (Å²) in [7, 11) is 0. The van der Waals surface area contributed by atoms with E-state index in [0.29, 0.717) is 6.54 Å². The van der Waals surface area contributed by atoms with Gasteiger partial charge in [0.25, 0.3) is 0 Å². The smallest absolute Gasteiger partial charge is 0.310 e. The number of rotatable bonds is 3. The zero-order valence-electron chi connectivity index (χ0n) is 13.8. The molecule has 0 unspecified atom stereocenters. The lowest BCUT2D eigenvalue weighted by molar-refractivity contribution is -0.144. The number of para-hydroxylation sites is 1. The summed E-state index contributed by atoms with van der Waals surface area (Å²) >= 11 is 0. The summed E-state index contributed by atoms with van der Waals surface area (Å²) in [5.74, 6) is -2.03. The molecule has 25 heavy (non-hydrogen) atoms. The van der Waals surface area contributed by atoms with E-state index < -0.39 is 17.8 Å². The molecule has 1 aromatic carbocycles. The molecule has 0 bridgehead atoms. The first-order valence-corrected chi connectivity index (χ1v) is 8.65. The molecule has 0 atom stereocenters. The first-order valence-electron chi connectivity index (χ1n) is 8.65. The summed E-state index contributed by atoms with van der Waals surface area (Å²) in [5.41, 5.74) is 1.88. The van der Waals surface area contributed by atoms with Crippen LogP contribution >= 0.6 is 0 Å². The maximum atomic E-state index is 12.6. The van der Waals surface area contributed by atoms with Gasteiger partial charge in [-0.2, -0.15) is 0 Å². The number of urea groups is 1. The van der Waals surface area contributed by atoms with E-state index in [4.69, 9.17) is 0 Å². The molecule has 0 aromatic heterocycles. The molecule has 7 heteroatoms. The first-order chi connectivity index (χ1) is 12.1. The van der Waals surface area contributed by atoms with Gasteiger partial charge >= 0.3 is 17.8 Å². The van der Waals surface area contributed by atoms with Crippen molar-refractivity contribution >= 4 is 29.4 Å². The third-order valence-corrected chi connectivity index (χ3v) is 5.26. The Labute approximate surface area is 145 Å². The van der Waals surface area contributed by atoms with Gasteiger partial charge in [-0.25, -0.2) is 9.69 Å². The highest BCUT2D eigenvalue weighted by atomic mass is 16.2. The van der Waals surface area contributed by atoms with Gasteiger partial charge in [0.15, 0.2) is 0 Å². The maximum absolute atomic E-state index is 12.6. The van der Waals surface area contributed by atoms with Crippen LogP contribution in [-0.4, -0.2) is 52.7 Å². The van der Waals surface area contributed by atoms with Gasteiger partial charge in [0.1, 0.15) is 6.54 Å². The normalized spacial score (nSPS) is 20.8. The summed E-state index contributed by atoms with van der Waals surface area (Å²) in [6.45, 7) is 0.135.